The Kier molecular flexibility index (Phi) is 11.9. The number of aromatic nitrogens is 2. The second-order valence-electron chi connectivity index (χ2n) is 13.8. The number of hydrogen-bond acceptors (Lipinski definition) is 5. The summed E-state index contributed by atoms with van der Waals surface area (Å²) in [6.45, 7) is 0. The number of nitrogens with one attached hydrogen (secondary N) is 5. The lowest BCUT2D eigenvalue weighted by atomic mass is 9.85. The van der Waals surface area contributed by atoms with Gasteiger partial charge in [-0.3, -0.25) is 14.4 Å². The summed E-state index contributed by atoms with van der Waals surface area (Å²) in [6, 6.07) is 17.6. The fourth-order valence-electron chi connectivity index (χ4n) is 7.23. The van der Waals surface area contributed by atoms with Crippen LogP contribution in [0.3, 0.4) is 0 Å². The van der Waals surface area contributed by atoms with Crippen molar-refractivity contribution in [1.82, 2.24) is 25.9 Å². The van der Waals surface area contributed by atoms with Crippen molar-refractivity contribution in [3.8, 4) is 0 Å². The number of hydrogen-bond donors (Lipinski definition) is 7. The van der Waals surface area contributed by atoms with Crippen LogP contribution in [0.4, 0.5) is 0 Å². The molecule has 272 valence electrons. The van der Waals surface area contributed by atoms with E-state index in [9.17, 15) is 24.3 Å². The van der Waals surface area contributed by atoms with Gasteiger partial charge in [-0.1, -0.05) is 92.2 Å². The standard InChI is InChI=1S/C40H45ClN6O5/c41-28-16-14-25(15-17-28)19-36(40(51)52)47-39(50)35(21-27-23-44-33-13-7-5-11-30(27)33)46-38(49)34(20-26-22-43-32-12-6-4-10-29(26)32)45-37(48)31(42)18-24-8-2-1-3-9-24/h4-7,10-17,22-24,31,34-36,43-44H,1-3,8-9,18-21,42H2,(H,45,48)(H,46,49)(H,47,50)(H,51,52)/t31-,34-,35-,36-/m0/s1. The molecule has 1 aliphatic rings. The summed E-state index contributed by atoms with van der Waals surface area (Å²) in [5.41, 5.74) is 10.4. The molecule has 3 aromatic carbocycles. The summed E-state index contributed by atoms with van der Waals surface area (Å²) < 4.78 is 0. The minimum absolute atomic E-state index is 0.00409. The third-order valence-electron chi connectivity index (χ3n) is 10.1. The maximum absolute atomic E-state index is 14.3. The van der Waals surface area contributed by atoms with E-state index in [1.54, 1.807) is 30.5 Å². The maximum Gasteiger partial charge on any atom is 0.326 e. The predicted molar refractivity (Wildman–Crippen MR) is 202 cm³/mol. The van der Waals surface area contributed by atoms with Gasteiger partial charge in [-0.15, -0.1) is 0 Å². The second-order valence-corrected chi connectivity index (χ2v) is 14.3. The number of carbonyl (C=O) groups excluding carboxylic acids is 3. The first-order valence-electron chi connectivity index (χ1n) is 17.9. The average Bonchev–Trinajstić information content (AvgIpc) is 3.75. The molecule has 3 amide bonds. The van der Waals surface area contributed by atoms with Crippen LogP contribution in [0.15, 0.2) is 85.2 Å². The quantitative estimate of drug-likeness (QED) is 0.0782. The summed E-state index contributed by atoms with van der Waals surface area (Å²) in [6.07, 6.45) is 9.79. The topological polar surface area (TPSA) is 182 Å². The van der Waals surface area contributed by atoms with E-state index >= 15 is 0 Å². The molecule has 0 bridgehead atoms. The number of carboxylic acid groups (broad SMARTS) is 1. The zero-order chi connectivity index (χ0) is 36.6. The van der Waals surface area contributed by atoms with Gasteiger partial charge in [0, 0.05) is 58.5 Å². The number of carbonyl (C=O) groups is 4. The molecule has 4 atom stereocenters. The summed E-state index contributed by atoms with van der Waals surface area (Å²) in [5, 5.41) is 20.8. The average molecular weight is 725 g/mol. The number of H-pyrrole nitrogens is 2. The molecule has 0 spiro atoms. The lowest BCUT2D eigenvalue weighted by Crippen LogP contribution is -2.58. The Morgan fingerprint density at radius 2 is 1.19 bits per heavy atom. The molecule has 11 nitrogen and oxygen atoms in total. The monoisotopic (exact) mass is 724 g/mol. The minimum Gasteiger partial charge on any atom is -0.480 e. The molecule has 5 aromatic rings. The number of rotatable bonds is 15. The number of benzene rings is 3. The van der Waals surface area contributed by atoms with E-state index in [0.717, 1.165) is 58.6 Å². The highest BCUT2D eigenvalue weighted by Gasteiger charge is 2.32. The van der Waals surface area contributed by atoms with Crippen LogP contribution in [0.5, 0.6) is 0 Å². The third kappa shape index (κ3) is 9.20. The number of halogens is 1. The van der Waals surface area contributed by atoms with E-state index in [0.29, 0.717) is 22.9 Å². The lowest BCUT2D eigenvalue weighted by molar-refractivity contribution is -0.142. The number of aliphatic carboxylic acids is 1. The van der Waals surface area contributed by atoms with Crippen molar-refractivity contribution in [3.63, 3.8) is 0 Å². The maximum atomic E-state index is 14.3. The van der Waals surface area contributed by atoms with Gasteiger partial charge in [-0.25, -0.2) is 4.79 Å². The summed E-state index contributed by atoms with van der Waals surface area (Å²) >= 11 is 6.02. The Morgan fingerprint density at radius 1 is 0.692 bits per heavy atom. The van der Waals surface area contributed by atoms with Crippen molar-refractivity contribution in [1.29, 1.82) is 0 Å². The Hall–Kier alpha value is -5.13. The van der Waals surface area contributed by atoms with Crippen LogP contribution in [-0.2, 0) is 38.4 Å². The number of aromatic amines is 2. The highest BCUT2D eigenvalue weighted by atomic mass is 35.5. The van der Waals surface area contributed by atoms with Crippen LogP contribution < -0.4 is 21.7 Å². The van der Waals surface area contributed by atoms with Gasteiger partial charge in [0.1, 0.15) is 18.1 Å². The number of para-hydroxylation sites is 2. The van der Waals surface area contributed by atoms with Crippen LogP contribution in [0, 0.1) is 5.92 Å². The molecule has 8 N–H and O–H groups in total. The van der Waals surface area contributed by atoms with Gasteiger partial charge >= 0.3 is 5.97 Å². The van der Waals surface area contributed by atoms with Crippen LogP contribution in [0.1, 0.15) is 55.2 Å². The smallest absolute Gasteiger partial charge is 0.326 e. The van der Waals surface area contributed by atoms with Gasteiger partial charge in [0.25, 0.3) is 0 Å². The SMILES string of the molecule is N[C@@H](CC1CCCCC1)C(=O)N[C@@H](Cc1c[nH]c2ccccc12)C(=O)N[C@@H](Cc1c[nH]c2ccccc12)C(=O)N[C@@H](Cc1ccc(Cl)cc1)C(=O)O. The molecule has 0 unspecified atom stereocenters. The second kappa shape index (κ2) is 16.9. The van der Waals surface area contributed by atoms with E-state index in [1.807, 2.05) is 54.7 Å². The molecular formula is C40H45ClN6O5. The van der Waals surface area contributed by atoms with Crippen LogP contribution in [0.25, 0.3) is 21.8 Å². The first-order chi connectivity index (χ1) is 25.1. The van der Waals surface area contributed by atoms with E-state index in [4.69, 9.17) is 17.3 Å². The Morgan fingerprint density at radius 3 is 1.73 bits per heavy atom. The molecule has 2 aromatic heterocycles. The zero-order valence-corrected chi connectivity index (χ0v) is 29.6. The van der Waals surface area contributed by atoms with E-state index in [-0.39, 0.29) is 19.3 Å². The summed E-state index contributed by atoms with van der Waals surface area (Å²) in [7, 11) is 0. The fraction of sp³-hybridized carbons (Fsp3) is 0.350. The predicted octanol–water partition coefficient (Wildman–Crippen LogP) is 5.17. The minimum atomic E-state index is -1.28. The highest BCUT2D eigenvalue weighted by molar-refractivity contribution is 6.30. The summed E-state index contributed by atoms with van der Waals surface area (Å²) in [4.78, 5) is 60.7. The van der Waals surface area contributed by atoms with Crippen molar-refractivity contribution >= 4 is 57.1 Å². The van der Waals surface area contributed by atoms with Crippen LogP contribution in [-0.4, -0.2) is 62.9 Å². The van der Waals surface area contributed by atoms with Crippen LogP contribution in [0.2, 0.25) is 5.02 Å². The van der Waals surface area contributed by atoms with Crippen molar-refractivity contribution in [2.24, 2.45) is 11.7 Å². The molecule has 0 saturated heterocycles. The van der Waals surface area contributed by atoms with Gasteiger partial charge in [0.05, 0.1) is 6.04 Å². The van der Waals surface area contributed by atoms with Crippen molar-refractivity contribution in [2.75, 3.05) is 0 Å². The molecule has 12 heteroatoms. The van der Waals surface area contributed by atoms with E-state index in [2.05, 4.69) is 25.9 Å². The molecule has 6 rings (SSSR count). The van der Waals surface area contributed by atoms with Crippen LogP contribution >= 0.6 is 11.6 Å². The Bertz CT molecular complexity index is 2020. The molecule has 0 aliphatic heterocycles. The van der Waals surface area contributed by atoms with Gasteiger partial charge in [0.15, 0.2) is 0 Å². The van der Waals surface area contributed by atoms with Crippen molar-refractivity contribution in [2.45, 2.75) is 82.0 Å². The van der Waals surface area contributed by atoms with Gasteiger partial charge < -0.3 is 36.8 Å². The number of nitrogens with two attached hydrogens (primary N) is 1. The zero-order valence-electron chi connectivity index (χ0n) is 28.9. The fourth-order valence-corrected chi connectivity index (χ4v) is 7.35. The lowest BCUT2D eigenvalue weighted by Gasteiger charge is -2.27. The third-order valence-corrected chi connectivity index (χ3v) is 10.3. The first kappa shape index (κ1) is 36.7. The Balaban J connectivity index is 1.26. The normalized spacial score (nSPS) is 15.8. The van der Waals surface area contributed by atoms with Gasteiger partial charge in [-0.05, 0) is 53.3 Å². The molecule has 1 fully saturated rings. The van der Waals surface area contributed by atoms with E-state index < -0.39 is 47.9 Å². The molecule has 52 heavy (non-hydrogen) atoms. The van der Waals surface area contributed by atoms with Crippen molar-refractivity contribution < 1.29 is 24.3 Å². The molecule has 1 saturated carbocycles. The first-order valence-corrected chi connectivity index (χ1v) is 18.3. The number of fused-ring (bicyclic) bond motifs is 2. The highest BCUT2D eigenvalue weighted by Crippen LogP contribution is 2.27. The summed E-state index contributed by atoms with van der Waals surface area (Å²) in [5.74, 6) is -2.57. The molecule has 0 radical (unpaired) electrons. The molecule has 2 heterocycles. The molecular weight excluding hydrogens is 680 g/mol. The Labute approximate surface area is 307 Å². The number of amides is 3. The van der Waals surface area contributed by atoms with Gasteiger partial charge in [0.2, 0.25) is 17.7 Å². The molecule has 1 aliphatic carbocycles. The van der Waals surface area contributed by atoms with Crippen molar-refractivity contribution in [3.05, 3.63) is 107 Å². The number of carboxylic acids is 1. The van der Waals surface area contributed by atoms with E-state index in [1.165, 1.54) is 6.42 Å². The largest absolute Gasteiger partial charge is 0.480 e. The van der Waals surface area contributed by atoms with Gasteiger partial charge in [-0.2, -0.15) is 0 Å².